The maximum atomic E-state index is 14.2. The maximum absolute atomic E-state index is 14.2. The highest BCUT2D eigenvalue weighted by Crippen LogP contribution is 2.28. The van der Waals surface area contributed by atoms with Gasteiger partial charge in [0.25, 0.3) is 0 Å². The average molecular weight is 504 g/mol. The largest absolute Gasteiger partial charge is 0.378 e. The van der Waals surface area contributed by atoms with Crippen molar-refractivity contribution in [2.75, 3.05) is 36.6 Å². The first-order chi connectivity index (χ1) is 17.7. The number of hydrogen-bond acceptors (Lipinski definition) is 8. The van der Waals surface area contributed by atoms with Crippen LogP contribution in [0.15, 0.2) is 72.2 Å². The quantitative estimate of drug-likeness (QED) is 0.291. The van der Waals surface area contributed by atoms with Crippen LogP contribution in [0.3, 0.4) is 0 Å². The van der Waals surface area contributed by atoms with Gasteiger partial charge in [0.15, 0.2) is 11.6 Å². The Morgan fingerprint density at radius 2 is 1.89 bits per heavy atom. The van der Waals surface area contributed by atoms with Gasteiger partial charge in [-0.15, -0.1) is 0 Å². The van der Waals surface area contributed by atoms with Crippen LogP contribution >= 0.6 is 11.6 Å². The van der Waals surface area contributed by atoms with Crippen LogP contribution in [0.5, 0.6) is 0 Å². The van der Waals surface area contributed by atoms with E-state index in [1.54, 1.807) is 18.6 Å². The van der Waals surface area contributed by atoms with E-state index in [4.69, 9.17) is 16.3 Å². The smallest absolute Gasteiger partial charge is 0.245 e. The molecule has 182 valence electrons. The van der Waals surface area contributed by atoms with Crippen molar-refractivity contribution in [1.29, 1.82) is 0 Å². The van der Waals surface area contributed by atoms with Gasteiger partial charge >= 0.3 is 0 Å². The first kappa shape index (κ1) is 23.8. The minimum absolute atomic E-state index is 0.205. The Hall–Kier alpha value is -3.95. The Bertz CT molecular complexity index is 1350. The molecular formula is C26H23ClFN7O. The summed E-state index contributed by atoms with van der Waals surface area (Å²) in [5.74, 6) is -0.0326. The molecule has 0 radical (unpaired) electrons. The van der Waals surface area contributed by atoms with Gasteiger partial charge < -0.3 is 9.64 Å². The number of ether oxygens (including phenoxy) is 1. The highest BCUT2D eigenvalue weighted by molar-refractivity contribution is 6.33. The molecule has 1 saturated heterocycles. The number of anilines is 2. The molecule has 8 nitrogen and oxygen atoms in total. The Labute approximate surface area is 212 Å². The van der Waals surface area contributed by atoms with E-state index in [0.717, 1.165) is 28.6 Å². The van der Waals surface area contributed by atoms with Crippen LogP contribution < -0.4 is 10.3 Å². The molecule has 0 atom stereocenters. The van der Waals surface area contributed by atoms with E-state index in [0.29, 0.717) is 43.4 Å². The summed E-state index contributed by atoms with van der Waals surface area (Å²) in [5.41, 5.74) is 7.27. The highest BCUT2D eigenvalue weighted by atomic mass is 35.5. The number of morpholine rings is 1. The van der Waals surface area contributed by atoms with Crippen LogP contribution in [0.4, 0.5) is 16.2 Å². The van der Waals surface area contributed by atoms with Crippen molar-refractivity contribution in [3.8, 4) is 11.3 Å². The summed E-state index contributed by atoms with van der Waals surface area (Å²) >= 11 is 6.51. The summed E-state index contributed by atoms with van der Waals surface area (Å²) < 4.78 is 19.5. The van der Waals surface area contributed by atoms with Gasteiger partial charge in [0, 0.05) is 31.0 Å². The number of aromatic nitrogens is 4. The molecule has 4 heterocycles. The van der Waals surface area contributed by atoms with Crippen molar-refractivity contribution in [1.82, 2.24) is 19.9 Å². The number of benzene rings is 1. The lowest BCUT2D eigenvalue weighted by Crippen LogP contribution is -2.37. The third kappa shape index (κ3) is 5.81. The third-order valence-electron chi connectivity index (χ3n) is 5.63. The van der Waals surface area contributed by atoms with E-state index in [-0.39, 0.29) is 11.8 Å². The van der Waals surface area contributed by atoms with Crippen molar-refractivity contribution >= 4 is 29.6 Å². The van der Waals surface area contributed by atoms with Gasteiger partial charge in [0.2, 0.25) is 5.95 Å². The molecular weight excluding hydrogens is 481 g/mol. The fourth-order valence-electron chi connectivity index (χ4n) is 3.82. The normalized spacial score (nSPS) is 13.8. The predicted molar refractivity (Wildman–Crippen MR) is 138 cm³/mol. The topological polar surface area (TPSA) is 88.4 Å². The van der Waals surface area contributed by atoms with Gasteiger partial charge in [-0.2, -0.15) is 10.1 Å². The number of pyridine rings is 2. The predicted octanol–water partition coefficient (Wildman–Crippen LogP) is 4.60. The Morgan fingerprint density at radius 1 is 1.03 bits per heavy atom. The zero-order chi connectivity index (χ0) is 24.7. The standard InChI is InChI=1S/C26H23ClFN7O/c27-22-14-18(5-7-21(22)24-3-1-2-8-29-24)13-19-4-6-20(30-15-19)16-32-34-26-31-17-23(28)25(33-26)35-9-11-36-12-10-35/h1-8,14-17H,9-13H2,(H,31,33,34)/b32-16+. The number of rotatable bonds is 7. The van der Waals surface area contributed by atoms with Crippen LogP contribution in [0, 0.1) is 5.82 Å². The molecule has 0 unspecified atom stereocenters. The van der Waals surface area contributed by atoms with Crippen molar-refractivity contribution in [2.24, 2.45) is 5.10 Å². The van der Waals surface area contributed by atoms with E-state index in [2.05, 4.69) is 30.5 Å². The Kier molecular flexibility index (Phi) is 7.39. The van der Waals surface area contributed by atoms with Crippen molar-refractivity contribution in [3.05, 3.63) is 94.8 Å². The minimum atomic E-state index is -0.476. The van der Waals surface area contributed by atoms with Crippen LogP contribution in [0.25, 0.3) is 11.3 Å². The van der Waals surface area contributed by atoms with Crippen LogP contribution in [0.1, 0.15) is 16.8 Å². The molecule has 1 aromatic carbocycles. The van der Waals surface area contributed by atoms with E-state index in [1.807, 2.05) is 53.4 Å². The molecule has 5 rings (SSSR count). The fraction of sp³-hybridized carbons (Fsp3) is 0.192. The summed E-state index contributed by atoms with van der Waals surface area (Å²) in [7, 11) is 0. The average Bonchev–Trinajstić information content (AvgIpc) is 2.92. The SMILES string of the molecule is Fc1cnc(N/N=C/c2ccc(Cc3ccc(-c4ccccn4)c(Cl)c3)cn2)nc1N1CCOCC1. The van der Waals surface area contributed by atoms with E-state index in [1.165, 1.54) is 0 Å². The molecule has 0 aliphatic carbocycles. The van der Waals surface area contributed by atoms with E-state index in [9.17, 15) is 4.39 Å². The number of hydrogen-bond donors (Lipinski definition) is 1. The third-order valence-corrected chi connectivity index (χ3v) is 5.94. The van der Waals surface area contributed by atoms with E-state index >= 15 is 0 Å². The van der Waals surface area contributed by atoms with Gasteiger partial charge in [-0.05, 0) is 41.8 Å². The number of halogens is 2. The Balaban J connectivity index is 1.20. The first-order valence-electron chi connectivity index (χ1n) is 11.4. The zero-order valence-electron chi connectivity index (χ0n) is 19.3. The van der Waals surface area contributed by atoms with Crippen molar-refractivity contribution < 1.29 is 9.13 Å². The van der Waals surface area contributed by atoms with Gasteiger partial charge in [-0.3, -0.25) is 9.97 Å². The highest BCUT2D eigenvalue weighted by Gasteiger charge is 2.17. The number of hydrazone groups is 1. The molecule has 10 heteroatoms. The fourth-order valence-corrected chi connectivity index (χ4v) is 4.12. The molecule has 1 N–H and O–H groups in total. The molecule has 1 aliphatic rings. The Morgan fingerprint density at radius 3 is 2.64 bits per heavy atom. The molecule has 0 spiro atoms. The summed E-state index contributed by atoms with van der Waals surface area (Å²) in [6.07, 6.45) is 6.94. The minimum Gasteiger partial charge on any atom is -0.378 e. The summed E-state index contributed by atoms with van der Waals surface area (Å²) in [6.45, 7) is 2.23. The second kappa shape index (κ2) is 11.2. The molecule has 0 bridgehead atoms. The lowest BCUT2D eigenvalue weighted by molar-refractivity contribution is 0.122. The first-order valence-corrected chi connectivity index (χ1v) is 11.8. The molecule has 1 fully saturated rings. The molecule has 0 saturated carbocycles. The van der Waals surface area contributed by atoms with Crippen LogP contribution in [-0.4, -0.2) is 52.5 Å². The molecule has 1 aliphatic heterocycles. The second-order valence-electron chi connectivity index (χ2n) is 8.13. The summed E-state index contributed by atoms with van der Waals surface area (Å²) in [4.78, 5) is 18.8. The summed E-state index contributed by atoms with van der Waals surface area (Å²) in [6, 6.07) is 15.6. The van der Waals surface area contributed by atoms with Crippen molar-refractivity contribution in [2.45, 2.75) is 6.42 Å². The monoisotopic (exact) mass is 503 g/mol. The zero-order valence-corrected chi connectivity index (χ0v) is 20.1. The van der Waals surface area contributed by atoms with Crippen LogP contribution in [-0.2, 0) is 11.2 Å². The van der Waals surface area contributed by atoms with Gasteiger partial charge in [-0.25, -0.2) is 14.8 Å². The van der Waals surface area contributed by atoms with E-state index < -0.39 is 5.82 Å². The van der Waals surface area contributed by atoms with Crippen molar-refractivity contribution in [3.63, 3.8) is 0 Å². The van der Waals surface area contributed by atoms with Crippen LogP contribution in [0.2, 0.25) is 5.02 Å². The summed E-state index contributed by atoms with van der Waals surface area (Å²) in [5, 5.41) is 4.80. The van der Waals surface area contributed by atoms with Gasteiger partial charge in [-0.1, -0.05) is 35.9 Å². The maximum Gasteiger partial charge on any atom is 0.245 e. The molecule has 0 amide bonds. The molecule has 4 aromatic rings. The molecule has 36 heavy (non-hydrogen) atoms. The van der Waals surface area contributed by atoms with Gasteiger partial charge in [0.05, 0.1) is 42.0 Å². The number of nitrogens with one attached hydrogen (secondary N) is 1. The lowest BCUT2D eigenvalue weighted by atomic mass is 10.0. The second-order valence-corrected chi connectivity index (χ2v) is 8.54. The number of nitrogens with zero attached hydrogens (tertiary/aromatic N) is 6. The van der Waals surface area contributed by atoms with Gasteiger partial charge in [0.1, 0.15) is 0 Å². The lowest BCUT2D eigenvalue weighted by Gasteiger charge is -2.27. The molecule has 3 aromatic heterocycles.